The van der Waals surface area contributed by atoms with Crippen molar-refractivity contribution in [3.63, 3.8) is 0 Å². The Morgan fingerprint density at radius 1 is 0.292 bits per heavy atom. The minimum atomic E-state index is -0.326. The number of hydrogen-bond acceptors (Lipinski definition) is 1. The minimum Gasteiger partial charge on any atom is -0.310 e. The summed E-state index contributed by atoms with van der Waals surface area (Å²) >= 11 is 0. The molecule has 11 aromatic carbocycles. The van der Waals surface area contributed by atoms with Gasteiger partial charge in [-0.3, -0.25) is 0 Å². The standard InChI is InChI=1S/C64H45N/c1-64(50-29-12-5-13-30-50)58-36-17-16-35-56(58)63-59(64)37-20-38-60(63)65(51-31-18-27-47(41-51)44-21-6-2-7-22-44)52-32-19-28-48(42-52)49-39-40-54-53-33-14-15-34-55(53)61(45-23-8-3-9-24-45)62(57(54)43-49)46-25-10-4-11-26-46/h2-43H,1H3. The Balaban J connectivity index is 1.09. The van der Waals surface area contributed by atoms with Crippen molar-refractivity contribution >= 4 is 38.6 Å². The molecule has 0 aliphatic heterocycles. The summed E-state index contributed by atoms with van der Waals surface area (Å²) in [5, 5.41) is 5.00. The van der Waals surface area contributed by atoms with Crippen LogP contribution in [0.15, 0.2) is 255 Å². The van der Waals surface area contributed by atoms with Gasteiger partial charge in [0.05, 0.1) is 5.69 Å². The second kappa shape index (κ2) is 15.8. The highest BCUT2D eigenvalue weighted by molar-refractivity contribution is 6.22. The van der Waals surface area contributed by atoms with Crippen LogP contribution >= 0.6 is 0 Å². The van der Waals surface area contributed by atoms with Crippen LogP contribution in [0.4, 0.5) is 17.1 Å². The average molecular weight is 828 g/mol. The summed E-state index contributed by atoms with van der Waals surface area (Å²) in [6, 6.07) is 93.6. The van der Waals surface area contributed by atoms with Gasteiger partial charge in [-0.1, -0.05) is 218 Å². The quantitative estimate of drug-likeness (QED) is 0.138. The SMILES string of the molecule is CC1(c2ccccc2)c2ccccc2-c2c(N(c3cccc(-c4ccccc4)c3)c3cccc(-c4ccc5c(c4)c(-c4ccccc4)c(-c4ccccc4)c4ccccc45)c3)cccc21. The van der Waals surface area contributed by atoms with Gasteiger partial charge in [0.15, 0.2) is 0 Å². The van der Waals surface area contributed by atoms with E-state index in [1.165, 1.54) is 88.3 Å². The molecule has 1 atom stereocenters. The molecule has 0 amide bonds. The molecule has 0 bridgehead atoms. The fraction of sp³-hybridized carbons (Fsp3) is 0.0312. The van der Waals surface area contributed by atoms with E-state index in [-0.39, 0.29) is 5.41 Å². The molecule has 0 saturated heterocycles. The number of rotatable bonds is 8. The van der Waals surface area contributed by atoms with Crippen LogP contribution in [0.25, 0.3) is 77.2 Å². The van der Waals surface area contributed by atoms with Gasteiger partial charge in [0.2, 0.25) is 0 Å². The summed E-state index contributed by atoms with van der Waals surface area (Å²) < 4.78 is 0. The lowest BCUT2D eigenvalue weighted by atomic mass is 9.74. The fourth-order valence-corrected chi connectivity index (χ4v) is 10.7. The van der Waals surface area contributed by atoms with Gasteiger partial charge in [-0.15, -0.1) is 0 Å². The largest absolute Gasteiger partial charge is 0.310 e. The fourth-order valence-electron chi connectivity index (χ4n) is 10.7. The van der Waals surface area contributed by atoms with Crippen LogP contribution in [-0.4, -0.2) is 0 Å². The van der Waals surface area contributed by atoms with Crippen LogP contribution in [0, 0.1) is 0 Å². The van der Waals surface area contributed by atoms with Crippen molar-refractivity contribution in [2.75, 3.05) is 4.90 Å². The van der Waals surface area contributed by atoms with Crippen molar-refractivity contribution in [1.29, 1.82) is 0 Å². The van der Waals surface area contributed by atoms with Gasteiger partial charge in [0, 0.05) is 22.4 Å². The zero-order valence-electron chi connectivity index (χ0n) is 36.2. The second-order valence-corrected chi connectivity index (χ2v) is 17.3. The van der Waals surface area contributed by atoms with Crippen molar-refractivity contribution in [3.05, 3.63) is 271 Å². The molecular formula is C64H45N. The van der Waals surface area contributed by atoms with Crippen LogP contribution in [0.2, 0.25) is 0 Å². The topological polar surface area (TPSA) is 3.24 Å². The molecule has 0 radical (unpaired) electrons. The Morgan fingerprint density at radius 3 is 1.42 bits per heavy atom. The Morgan fingerprint density at radius 2 is 0.754 bits per heavy atom. The van der Waals surface area contributed by atoms with Crippen molar-refractivity contribution < 1.29 is 0 Å². The first kappa shape index (κ1) is 38.4. The molecule has 1 heteroatoms. The van der Waals surface area contributed by atoms with E-state index in [4.69, 9.17) is 0 Å². The molecule has 1 unspecified atom stereocenters. The highest BCUT2D eigenvalue weighted by Crippen LogP contribution is 2.57. The zero-order chi connectivity index (χ0) is 43.3. The molecule has 11 aromatic rings. The van der Waals surface area contributed by atoms with Gasteiger partial charge >= 0.3 is 0 Å². The molecule has 12 rings (SSSR count). The molecule has 1 aliphatic rings. The van der Waals surface area contributed by atoms with Crippen molar-refractivity contribution in [2.45, 2.75) is 12.3 Å². The molecule has 0 aromatic heterocycles. The van der Waals surface area contributed by atoms with Gasteiger partial charge in [-0.2, -0.15) is 0 Å². The van der Waals surface area contributed by atoms with Crippen LogP contribution in [0.3, 0.4) is 0 Å². The first-order valence-corrected chi connectivity index (χ1v) is 22.6. The predicted molar refractivity (Wildman–Crippen MR) is 275 cm³/mol. The number of nitrogens with zero attached hydrogens (tertiary/aromatic N) is 1. The Bertz CT molecular complexity index is 3540. The molecule has 306 valence electrons. The van der Waals surface area contributed by atoms with E-state index >= 15 is 0 Å². The Hall–Kier alpha value is -8.26. The Kier molecular flexibility index (Phi) is 9.35. The molecule has 0 spiro atoms. The summed E-state index contributed by atoms with van der Waals surface area (Å²) in [5.74, 6) is 0. The van der Waals surface area contributed by atoms with Gasteiger partial charge in [-0.05, 0) is 132 Å². The molecular weight excluding hydrogens is 783 g/mol. The van der Waals surface area contributed by atoms with Crippen LogP contribution in [0.1, 0.15) is 23.6 Å². The number of fused-ring (bicyclic) bond motifs is 6. The molecule has 1 aliphatic carbocycles. The van der Waals surface area contributed by atoms with Crippen LogP contribution in [0.5, 0.6) is 0 Å². The molecule has 0 saturated carbocycles. The maximum atomic E-state index is 2.49. The zero-order valence-corrected chi connectivity index (χ0v) is 36.2. The summed E-state index contributed by atoms with van der Waals surface area (Å²) in [5.41, 5.74) is 19.1. The Labute approximate surface area is 381 Å². The highest BCUT2D eigenvalue weighted by atomic mass is 15.1. The molecule has 0 fully saturated rings. The lowest BCUT2D eigenvalue weighted by molar-refractivity contribution is 0.714. The van der Waals surface area contributed by atoms with Gasteiger partial charge in [0.1, 0.15) is 0 Å². The number of hydrogen-bond donors (Lipinski definition) is 0. The highest BCUT2D eigenvalue weighted by Gasteiger charge is 2.42. The summed E-state index contributed by atoms with van der Waals surface area (Å²) in [7, 11) is 0. The molecule has 0 heterocycles. The van der Waals surface area contributed by atoms with Gasteiger partial charge < -0.3 is 4.90 Å². The van der Waals surface area contributed by atoms with E-state index in [1.807, 2.05) is 0 Å². The lowest BCUT2D eigenvalue weighted by Gasteiger charge is -2.31. The van der Waals surface area contributed by atoms with Gasteiger partial charge in [-0.25, -0.2) is 0 Å². The lowest BCUT2D eigenvalue weighted by Crippen LogP contribution is -2.22. The number of benzene rings is 11. The average Bonchev–Trinajstić information content (AvgIpc) is 3.66. The van der Waals surface area contributed by atoms with Crippen LogP contribution < -0.4 is 4.90 Å². The second-order valence-electron chi connectivity index (χ2n) is 17.3. The third-order valence-corrected chi connectivity index (χ3v) is 13.7. The van der Waals surface area contributed by atoms with Crippen molar-refractivity contribution in [3.8, 4) is 55.6 Å². The smallest absolute Gasteiger partial charge is 0.0543 e. The normalized spacial score (nSPS) is 14.0. The summed E-state index contributed by atoms with van der Waals surface area (Å²) in [6.45, 7) is 2.40. The van der Waals surface area contributed by atoms with E-state index in [2.05, 4.69) is 267 Å². The number of anilines is 3. The molecule has 1 nitrogen and oxygen atoms in total. The molecule has 0 N–H and O–H groups in total. The third-order valence-electron chi connectivity index (χ3n) is 13.7. The van der Waals surface area contributed by atoms with Crippen LogP contribution in [-0.2, 0) is 5.41 Å². The van der Waals surface area contributed by atoms with E-state index in [9.17, 15) is 0 Å². The first-order valence-electron chi connectivity index (χ1n) is 22.6. The van der Waals surface area contributed by atoms with E-state index in [1.54, 1.807) is 0 Å². The van der Waals surface area contributed by atoms with E-state index in [0.29, 0.717) is 0 Å². The monoisotopic (exact) mass is 827 g/mol. The summed E-state index contributed by atoms with van der Waals surface area (Å²) in [4.78, 5) is 2.49. The minimum absolute atomic E-state index is 0.326. The predicted octanol–water partition coefficient (Wildman–Crippen LogP) is 17.5. The van der Waals surface area contributed by atoms with E-state index < -0.39 is 0 Å². The van der Waals surface area contributed by atoms with Crippen molar-refractivity contribution in [1.82, 2.24) is 0 Å². The molecule has 65 heavy (non-hydrogen) atoms. The maximum Gasteiger partial charge on any atom is 0.0543 e. The summed E-state index contributed by atoms with van der Waals surface area (Å²) in [6.07, 6.45) is 0. The first-order chi connectivity index (χ1) is 32.1. The van der Waals surface area contributed by atoms with E-state index in [0.717, 1.165) is 22.6 Å². The van der Waals surface area contributed by atoms with Gasteiger partial charge in [0.25, 0.3) is 0 Å². The van der Waals surface area contributed by atoms with Crippen molar-refractivity contribution in [2.24, 2.45) is 0 Å². The third kappa shape index (κ3) is 6.39. The maximum absolute atomic E-state index is 2.49.